The van der Waals surface area contributed by atoms with Gasteiger partial charge in [0.2, 0.25) is 0 Å². The van der Waals surface area contributed by atoms with Crippen LogP contribution in [0.2, 0.25) is 0 Å². The first-order chi connectivity index (χ1) is 7.08. The van der Waals surface area contributed by atoms with Gasteiger partial charge >= 0.3 is 0 Å². The normalized spacial score (nSPS) is 11.8. The predicted molar refractivity (Wildman–Crippen MR) is 59.4 cm³/mol. The van der Waals surface area contributed by atoms with E-state index in [2.05, 4.69) is 5.16 Å². The number of nitrogens with zero attached hydrogens (tertiary/aromatic N) is 1. The van der Waals surface area contributed by atoms with Crippen molar-refractivity contribution in [1.29, 1.82) is 0 Å². The van der Waals surface area contributed by atoms with Gasteiger partial charge < -0.3 is 4.84 Å². The molecule has 0 aliphatic carbocycles. The molecule has 0 N–H and O–H groups in total. The second-order valence-corrected chi connectivity index (χ2v) is 5.32. The summed E-state index contributed by atoms with van der Waals surface area (Å²) in [5.41, 5.74) is 0.994. The fraction of sp³-hybridized carbons (Fsp3) is 0.300. The largest absolute Gasteiger partial charge is 0.391 e. The predicted octanol–water partition coefficient (Wildman–Crippen LogP) is 1.23. The standard InChI is InChI=1S/C10H13NO3S/c1-15(12,13)8-7-11-14-9-10-5-3-2-4-6-10/h2-7H,8-9H2,1H3. The second-order valence-electron chi connectivity index (χ2n) is 3.14. The summed E-state index contributed by atoms with van der Waals surface area (Å²) in [6, 6.07) is 9.53. The van der Waals surface area contributed by atoms with Gasteiger partial charge in [-0.05, 0) is 5.56 Å². The van der Waals surface area contributed by atoms with Crippen molar-refractivity contribution in [2.45, 2.75) is 6.61 Å². The fourth-order valence-electron chi connectivity index (χ4n) is 0.905. The van der Waals surface area contributed by atoms with Crippen molar-refractivity contribution in [2.75, 3.05) is 12.0 Å². The summed E-state index contributed by atoms with van der Waals surface area (Å²) < 4.78 is 21.4. The van der Waals surface area contributed by atoms with E-state index in [0.717, 1.165) is 11.8 Å². The number of benzene rings is 1. The highest BCUT2D eigenvalue weighted by molar-refractivity contribution is 7.91. The molecule has 0 atom stereocenters. The minimum atomic E-state index is -3.00. The zero-order valence-corrected chi connectivity index (χ0v) is 9.28. The monoisotopic (exact) mass is 227 g/mol. The topological polar surface area (TPSA) is 55.7 Å². The molecule has 0 saturated carbocycles. The van der Waals surface area contributed by atoms with Gasteiger partial charge in [0.1, 0.15) is 6.61 Å². The van der Waals surface area contributed by atoms with Crippen LogP contribution >= 0.6 is 0 Å². The van der Waals surface area contributed by atoms with E-state index in [-0.39, 0.29) is 5.75 Å². The van der Waals surface area contributed by atoms with Crippen molar-refractivity contribution in [2.24, 2.45) is 5.16 Å². The SMILES string of the molecule is CS(=O)(=O)CC=NOCc1ccccc1. The van der Waals surface area contributed by atoms with Gasteiger partial charge in [-0.2, -0.15) is 0 Å². The summed E-state index contributed by atoms with van der Waals surface area (Å²) in [7, 11) is -3.00. The molecule has 0 radical (unpaired) electrons. The molecule has 5 heteroatoms. The lowest BCUT2D eigenvalue weighted by Gasteiger charge is -1.98. The van der Waals surface area contributed by atoms with E-state index in [9.17, 15) is 8.42 Å². The first-order valence-corrected chi connectivity index (χ1v) is 6.49. The Labute approximate surface area is 89.5 Å². The van der Waals surface area contributed by atoms with Crippen molar-refractivity contribution in [1.82, 2.24) is 0 Å². The average molecular weight is 227 g/mol. The van der Waals surface area contributed by atoms with Gasteiger partial charge in [0.15, 0.2) is 9.84 Å². The number of oxime groups is 1. The van der Waals surface area contributed by atoms with Crippen molar-refractivity contribution in [3.8, 4) is 0 Å². The molecule has 0 aliphatic heterocycles. The average Bonchev–Trinajstić information content (AvgIpc) is 2.17. The lowest BCUT2D eigenvalue weighted by Crippen LogP contribution is -2.03. The minimum absolute atomic E-state index is 0.0954. The highest BCUT2D eigenvalue weighted by Gasteiger charge is 1.97. The van der Waals surface area contributed by atoms with Gasteiger partial charge in [-0.25, -0.2) is 8.42 Å². The Kier molecular flexibility index (Phi) is 4.30. The quantitative estimate of drug-likeness (QED) is 0.561. The van der Waals surface area contributed by atoms with E-state index in [0.29, 0.717) is 6.61 Å². The molecule has 15 heavy (non-hydrogen) atoms. The molecular weight excluding hydrogens is 214 g/mol. The van der Waals surface area contributed by atoms with Crippen molar-refractivity contribution < 1.29 is 13.3 Å². The highest BCUT2D eigenvalue weighted by Crippen LogP contribution is 1.99. The van der Waals surface area contributed by atoms with E-state index in [1.54, 1.807) is 0 Å². The molecule has 0 spiro atoms. The summed E-state index contributed by atoms with van der Waals surface area (Å²) in [4.78, 5) is 4.92. The molecular formula is C10H13NO3S. The second kappa shape index (κ2) is 5.50. The molecule has 1 rings (SSSR count). The van der Waals surface area contributed by atoms with Gasteiger partial charge in [-0.3, -0.25) is 0 Å². The van der Waals surface area contributed by atoms with Gasteiger partial charge in [0, 0.05) is 6.26 Å². The first-order valence-electron chi connectivity index (χ1n) is 4.43. The van der Waals surface area contributed by atoms with Crippen LogP contribution in [0.3, 0.4) is 0 Å². The maximum Gasteiger partial charge on any atom is 0.152 e. The molecule has 0 bridgehead atoms. The highest BCUT2D eigenvalue weighted by atomic mass is 32.2. The third kappa shape index (κ3) is 5.85. The Bertz CT molecular complexity index is 412. The van der Waals surface area contributed by atoms with E-state index in [1.165, 1.54) is 6.21 Å². The third-order valence-electron chi connectivity index (χ3n) is 1.60. The molecule has 0 heterocycles. The Morgan fingerprint density at radius 2 is 2.00 bits per heavy atom. The van der Waals surface area contributed by atoms with Gasteiger partial charge in [0.05, 0.1) is 12.0 Å². The summed E-state index contributed by atoms with van der Waals surface area (Å²) in [6.07, 6.45) is 2.40. The van der Waals surface area contributed by atoms with E-state index >= 15 is 0 Å². The zero-order valence-electron chi connectivity index (χ0n) is 8.46. The summed E-state index contributed by atoms with van der Waals surface area (Å²) in [5.74, 6) is -0.0954. The number of hydrogen-bond acceptors (Lipinski definition) is 4. The number of hydrogen-bond donors (Lipinski definition) is 0. The Balaban J connectivity index is 2.28. The summed E-state index contributed by atoms with van der Waals surface area (Å²) in [5, 5.41) is 3.55. The molecule has 0 aliphatic rings. The van der Waals surface area contributed by atoms with Crippen molar-refractivity contribution in [3.05, 3.63) is 35.9 Å². The lowest BCUT2D eigenvalue weighted by molar-refractivity contribution is 0.132. The molecule has 1 aromatic carbocycles. The van der Waals surface area contributed by atoms with Crippen LogP contribution in [0.4, 0.5) is 0 Å². The fourth-order valence-corrected chi connectivity index (χ4v) is 1.24. The van der Waals surface area contributed by atoms with Crippen LogP contribution in [-0.2, 0) is 21.3 Å². The number of sulfone groups is 1. The van der Waals surface area contributed by atoms with Crippen LogP contribution in [0.5, 0.6) is 0 Å². The smallest absolute Gasteiger partial charge is 0.152 e. The Morgan fingerprint density at radius 3 is 2.60 bits per heavy atom. The summed E-state index contributed by atoms with van der Waals surface area (Å²) >= 11 is 0. The van der Waals surface area contributed by atoms with Crippen LogP contribution in [-0.4, -0.2) is 26.6 Å². The Hall–Kier alpha value is -1.36. The molecule has 4 nitrogen and oxygen atoms in total. The van der Waals surface area contributed by atoms with Crippen molar-refractivity contribution >= 4 is 16.1 Å². The van der Waals surface area contributed by atoms with Gasteiger partial charge in [-0.1, -0.05) is 35.5 Å². The van der Waals surface area contributed by atoms with Crippen molar-refractivity contribution in [3.63, 3.8) is 0 Å². The van der Waals surface area contributed by atoms with Gasteiger partial charge in [0.25, 0.3) is 0 Å². The van der Waals surface area contributed by atoms with Crippen LogP contribution in [0, 0.1) is 0 Å². The first kappa shape index (κ1) is 11.7. The summed E-state index contributed by atoms with van der Waals surface area (Å²) in [6.45, 7) is 0.348. The lowest BCUT2D eigenvalue weighted by atomic mass is 10.2. The molecule has 0 fully saturated rings. The zero-order chi connectivity index (χ0) is 11.1. The van der Waals surface area contributed by atoms with Crippen LogP contribution in [0.1, 0.15) is 5.56 Å². The molecule has 0 saturated heterocycles. The van der Waals surface area contributed by atoms with Gasteiger partial charge in [-0.15, -0.1) is 0 Å². The number of rotatable bonds is 5. The Morgan fingerprint density at radius 1 is 1.33 bits per heavy atom. The molecule has 1 aromatic rings. The van der Waals surface area contributed by atoms with E-state index < -0.39 is 9.84 Å². The third-order valence-corrected chi connectivity index (χ3v) is 2.35. The molecule has 82 valence electrons. The van der Waals surface area contributed by atoms with Crippen LogP contribution < -0.4 is 0 Å². The molecule has 0 amide bonds. The maximum atomic E-state index is 10.7. The van der Waals surface area contributed by atoms with Crippen LogP contribution in [0.15, 0.2) is 35.5 Å². The minimum Gasteiger partial charge on any atom is -0.391 e. The molecule has 0 unspecified atom stereocenters. The van der Waals surface area contributed by atoms with E-state index in [1.807, 2.05) is 30.3 Å². The van der Waals surface area contributed by atoms with Crippen LogP contribution in [0.25, 0.3) is 0 Å². The maximum absolute atomic E-state index is 10.7. The molecule has 0 aromatic heterocycles. The van der Waals surface area contributed by atoms with E-state index in [4.69, 9.17) is 4.84 Å².